The van der Waals surface area contributed by atoms with E-state index in [4.69, 9.17) is 10.2 Å². The van der Waals surface area contributed by atoms with Crippen molar-refractivity contribution in [3.05, 3.63) is 23.3 Å². The van der Waals surface area contributed by atoms with Gasteiger partial charge in [-0.25, -0.2) is 0 Å². The maximum atomic E-state index is 10.6. The largest absolute Gasteiger partial charge is 0.400 e. The number of ketones is 1. The summed E-state index contributed by atoms with van der Waals surface area (Å²) in [6, 6.07) is 0. The summed E-state index contributed by atoms with van der Waals surface area (Å²) >= 11 is 0. The Bertz CT molecular complexity index is 303. The Morgan fingerprint density at radius 1 is 1.06 bits per heavy atom. The summed E-state index contributed by atoms with van der Waals surface area (Å²) in [4.78, 5) is 10.6. The van der Waals surface area contributed by atoms with Crippen molar-refractivity contribution < 1.29 is 15.0 Å². The lowest BCUT2D eigenvalue weighted by Gasteiger charge is -2.12. The first-order valence-corrected chi connectivity index (χ1v) is 6.58. The van der Waals surface area contributed by atoms with Crippen LogP contribution >= 0.6 is 0 Å². The third kappa shape index (κ3) is 8.20. The predicted molar refractivity (Wildman–Crippen MR) is 74.4 cm³/mol. The molecule has 2 N–H and O–H groups in total. The SMILES string of the molecule is CC1=CC(=O)CCC1.CC1=CC(O)CCC1.CO. The highest BCUT2D eigenvalue weighted by atomic mass is 16.3. The third-order valence-electron chi connectivity index (χ3n) is 2.95. The molecule has 3 nitrogen and oxygen atoms in total. The molecular weight excluding hydrogens is 228 g/mol. The molecule has 1 atom stereocenters. The lowest BCUT2D eigenvalue weighted by Crippen LogP contribution is -2.07. The van der Waals surface area contributed by atoms with Gasteiger partial charge in [0.2, 0.25) is 0 Å². The number of carbonyl (C=O) groups is 1. The van der Waals surface area contributed by atoms with E-state index in [-0.39, 0.29) is 6.10 Å². The first kappa shape index (κ1) is 17.1. The highest BCUT2D eigenvalue weighted by Crippen LogP contribution is 2.16. The molecule has 0 aromatic heterocycles. The Labute approximate surface area is 110 Å². The average molecular weight is 254 g/mol. The molecule has 0 fully saturated rings. The molecule has 0 bridgehead atoms. The van der Waals surface area contributed by atoms with Gasteiger partial charge in [-0.2, -0.15) is 0 Å². The van der Waals surface area contributed by atoms with Gasteiger partial charge in [0.25, 0.3) is 0 Å². The zero-order valence-corrected chi connectivity index (χ0v) is 11.8. The van der Waals surface area contributed by atoms with Crippen molar-refractivity contribution in [1.29, 1.82) is 0 Å². The van der Waals surface area contributed by atoms with E-state index in [1.54, 1.807) is 6.08 Å². The van der Waals surface area contributed by atoms with E-state index < -0.39 is 0 Å². The summed E-state index contributed by atoms with van der Waals surface area (Å²) in [6.07, 6.45) is 9.78. The molecule has 0 aromatic rings. The van der Waals surface area contributed by atoms with Crippen LogP contribution in [0.15, 0.2) is 23.3 Å². The number of hydrogen-bond donors (Lipinski definition) is 2. The second-order valence-corrected chi connectivity index (χ2v) is 4.78. The topological polar surface area (TPSA) is 57.5 Å². The Balaban J connectivity index is 0.000000283. The summed E-state index contributed by atoms with van der Waals surface area (Å²) in [7, 11) is 1.00. The Morgan fingerprint density at radius 3 is 2.00 bits per heavy atom. The van der Waals surface area contributed by atoms with E-state index in [2.05, 4.69) is 6.92 Å². The number of rotatable bonds is 0. The lowest BCUT2D eigenvalue weighted by molar-refractivity contribution is -0.115. The molecule has 0 aliphatic heterocycles. The maximum Gasteiger partial charge on any atom is 0.155 e. The lowest BCUT2D eigenvalue weighted by atomic mass is 9.99. The van der Waals surface area contributed by atoms with Gasteiger partial charge in [0.05, 0.1) is 6.10 Å². The second-order valence-electron chi connectivity index (χ2n) is 4.78. The third-order valence-corrected chi connectivity index (χ3v) is 2.95. The normalized spacial score (nSPS) is 22.7. The number of aliphatic hydroxyl groups excluding tert-OH is 2. The van der Waals surface area contributed by atoms with Crippen LogP contribution in [0.2, 0.25) is 0 Å². The first-order valence-electron chi connectivity index (χ1n) is 6.58. The summed E-state index contributed by atoms with van der Waals surface area (Å²) < 4.78 is 0. The van der Waals surface area contributed by atoms with Gasteiger partial charge in [-0.3, -0.25) is 4.79 Å². The molecule has 0 aromatic carbocycles. The van der Waals surface area contributed by atoms with Crippen LogP contribution < -0.4 is 0 Å². The van der Waals surface area contributed by atoms with Gasteiger partial charge in [-0.15, -0.1) is 0 Å². The molecule has 0 spiro atoms. The number of aliphatic hydroxyl groups is 2. The molecule has 3 heteroatoms. The van der Waals surface area contributed by atoms with Crippen LogP contribution in [0.3, 0.4) is 0 Å². The van der Waals surface area contributed by atoms with Crippen LogP contribution in [-0.2, 0) is 4.79 Å². The van der Waals surface area contributed by atoms with Crippen molar-refractivity contribution in [2.24, 2.45) is 0 Å². The van der Waals surface area contributed by atoms with Gasteiger partial charge in [0.15, 0.2) is 5.78 Å². The minimum Gasteiger partial charge on any atom is -0.400 e. The minimum absolute atomic E-state index is 0.149. The van der Waals surface area contributed by atoms with Gasteiger partial charge in [0.1, 0.15) is 0 Å². The zero-order chi connectivity index (χ0) is 14.0. The van der Waals surface area contributed by atoms with E-state index in [9.17, 15) is 4.79 Å². The van der Waals surface area contributed by atoms with Crippen LogP contribution in [0.25, 0.3) is 0 Å². The molecule has 1 unspecified atom stereocenters. The van der Waals surface area contributed by atoms with Crippen molar-refractivity contribution in [2.75, 3.05) is 7.11 Å². The highest BCUT2D eigenvalue weighted by Gasteiger charge is 2.06. The van der Waals surface area contributed by atoms with Gasteiger partial charge in [-0.1, -0.05) is 17.2 Å². The van der Waals surface area contributed by atoms with Crippen LogP contribution in [0.4, 0.5) is 0 Å². The van der Waals surface area contributed by atoms with Crippen molar-refractivity contribution in [3.63, 3.8) is 0 Å². The quantitative estimate of drug-likeness (QED) is 0.653. The zero-order valence-electron chi connectivity index (χ0n) is 11.8. The van der Waals surface area contributed by atoms with E-state index in [0.717, 1.165) is 39.2 Å². The van der Waals surface area contributed by atoms with Crippen molar-refractivity contribution in [3.8, 4) is 0 Å². The minimum atomic E-state index is -0.149. The van der Waals surface area contributed by atoms with Crippen molar-refractivity contribution in [2.45, 2.75) is 58.5 Å². The van der Waals surface area contributed by atoms with E-state index in [1.165, 1.54) is 17.6 Å². The highest BCUT2D eigenvalue weighted by molar-refractivity contribution is 5.90. The van der Waals surface area contributed by atoms with Crippen LogP contribution in [-0.4, -0.2) is 29.2 Å². The van der Waals surface area contributed by atoms with Crippen LogP contribution in [0.1, 0.15) is 52.4 Å². The Morgan fingerprint density at radius 2 is 1.67 bits per heavy atom. The van der Waals surface area contributed by atoms with E-state index in [0.29, 0.717) is 5.78 Å². The molecule has 0 radical (unpaired) electrons. The second kappa shape index (κ2) is 10.0. The monoisotopic (exact) mass is 254 g/mol. The molecule has 0 saturated heterocycles. The van der Waals surface area contributed by atoms with Crippen molar-refractivity contribution in [1.82, 2.24) is 0 Å². The Hall–Kier alpha value is -0.930. The standard InChI is InChI=1S/C7H12O.C7H10O.CH4O/c2*1-6-3-2-4-7(8)5-6;1-2/h5,7-8H,2-4H2,1H3;5H,2-4H2,1H3;2H,1H3. The molecule has 0 amide bonds. The molecule has 2 aliphatic rings. The number of allylic oxidation sites excluding steroid dienone is 3. The van der Waals surface area contributed by atoms with E-state index in [1.807, 2.05) is 13.0 Å². The Kier molecular flexibility index (Phi) is 9.52. The summed E-state index contributed by atoms with van der Waals surface area (Å²) in [6.45, 7) is 4.08. The summed E-state index contributed by atoms with van der Waals surface area (Å²) in [5, 5.41) is 16.0. The number of hydrogen-bond acceptors (Lipinski definition) is 3. The fourth-order valence-corrected chi connectivity index (χ4v) is 2.05. The summed E-state index contributed by atoms with van der Waals surface area (Å²) in [5.41, 5.74) is 2.57. The van der Waals surface area contributed by atoms with Gasteiger partial charge in [0, 0.05) is 13.5 Å². The van der Waals surface area contributed by atoms with Gasteiger partial charge < -0.3 is 10.2 Å². The van der Waals surface area contributed by atoms with Gasteiger partial charge in [-0.05, 0) is 52.0 Å². The molecule has 0 heterocycles. The average Bonchev–Trinajstić information content (AvgIpc) is 2.31. The molecule has 2 rings (SSSR count). The first-order chi connectivity index (χ1) is 8.58. The fourth-order valence-electron chi connectivity index (χ4n) is 2.05. The molecule has 104 valence electrons. The smallest absolute Gasteiger partial charge is 0.155 e. The molecule has 0 saturated carbocycles. The van der Waals surface area contributed by atoms with E-state index >= 15 is 0 Å². The fraction of sp³-hybridized carbons (Fsp3) is 0.667. The summed E-state index contributed by atoms with van der Waals surface area (Å²) in [5.74, 6) is 0.300. The predicted octanol–water partition coefficient (Wildman–Crippen LogP) is 2.77. The molecule has 18 heavy (non-hydrogen) atoms. The van der Waals surface area contributed by atoms with Crippen molar-refractivity contribution >= 4 is 5.78 Å². The number of carbonyl (C=O) groups excluding carboxylic acids is 1. The van der Waals surface area contributed by atoms with Crippen LogP contribution in [0.5, 0.6) is 0 Å². The van der Waals surface area contributed by atoms with Crippen LogP contribution in [0, 0.1) is 0 Å². The van der Waals surface area contributed by atoms with Gasteiger partial charge >= 0.3 is 0 Å². The molecule has 2 aliphatic carbocycles. The maximum absolute atomic E-state index is 10.6. The molecular formula is C15H26O3.